The van der Waals surface area contributed by atoms with Gasteiger partial charge in [0.2, 0.25) is 0 Å². The van der Waals surface area contributed by atoms with Crippen molar-refractivity contribution in [2.75, 3.05) is 0 Å². The van der Waals surface area contributed by atoms with Gasteiger partial charge < -0.3 is 0 Å². The summed E-state index contributed by atoms with van der Waals surface area (Å²) in [6, 6.07) is 9.81. The highest BCUT2D eigenvalue weighted by Gasteiger charge is 2.04. The molecule has 3 heteroatoms. The van der Waals surface area contributed by atoms with Gasteiger partial charge in [-0.3, -0.25) is 4.98 Å². The van der Waals surface area contributed by atoms with E-state index in [1.807, 2.05) is 0 Å². The summed E-state index contributed by atoms with van der Waals surface area (Å²) in [7, 11) is 5.58. The number of rotatable bonds is 1. The predicted molar refractivity (Wildman–Crippen MR) is 55.0 cm³/mol. The van der Waals surface area contributed by atoms with Crippen LogP contribution in [0, 0.1) is 5.82 Å². The molecule has 66 valence electrons. The van der Waals surface area contributed by atoms with Crippen LogP contribution < -0.4 is 5.46 Å². The highest BCUT2D eigenvalue weighted by atomic mass is 19.1. The summed E-state index contributed by atoms with van der Waals surface area (Å²) in [5.41, 5.74) is 1.61. The smallest absolute Gasteiger partial charge is 0.132 e. The number of benzene rings is 1. The molecule has 2 radical (unpaired) electrons. The fourth-order valence-electron chi connectivity index (χ4n) is 1.26. The van der Waals surface area contributed by atoms with Gasteiger partial charge in [0.05, 0.1) is 5.69 Å². The van der Waals surface area contributed by atoms with Gasteiger partial charge in [0.15, 0.2) is 0 Å². The maximum atomic E-state index is 13.3. The molecule has 0 aliphatic rings. The maximum absolute atomic E-state index is 13.3. The Kier molecular flexibility index (Phi) is 2.31. The van der Waals surface area contributed by atoms with Crippen molar-refractivity contribution in [3.05, 3.63) is 48.4 Å². The summed E-state index contributed by atoms with van der Waals surface area (Å²) < 4.78 is 13.3. The van der Waals surface area contributed by atoms with Gasteiger partial charge in [-0.25, -0.2) is 4.39 Å². The number of aromatic nitrogens is 1. The van der Waals surface area contributed by atoms with Crippen molar-refractivity contribution in [3.63, 3.8) is 0 Å². The molecular formula is C11H7BFN. The molecule has 14 heavy (non-hydrogen) atoms. The lowest BCUT2D eigenvalue weighted by Crippen LogP contribution is -2.02. The third-order valence-electron chi connectivity index (χ3n) is 1.93. The first kappa shape index (κ1) is 8.94. The third kappa shape index (κ3) is 1.67. The lowest BCUT2D eigenvalue weighted by atomic mass is 9.95. The lowest BCUT2D eigenvalue weighted by Gasteiger charge is -2.02. The molecular weight excluding hydrogens is 176 g/mol. The van der Waals surface area contributed by atoms with Crippen LogP contribution in [0.15, 0.2) is 42.6 Å². The maximum Gasteiger partial charge on any atom is 0.132 e. The van der Waals surface area contributed by atoms with Crippen molar-refractivity contribution < 1.29 is 4.39 Å². The Bertz CT molecular complexity index is 457. The first-order chi connectivity index (χ1) is 6.77. The van der Waals surface area contributed by atoms with Crippen molar-refractivity contribution in [3.8, 4) is 11.3 Å². The van der Waals surface area contributed by atoms with Gasteiger partial charge in [-0.1, -0.05) is 23.7 Å². The van der Waals surface area contributed by atoms with Crippen LogP contribution in [-0.4, -0.2) is 12.8 Å². The van der Waals surface area contributed by atoms with Crippen LogP contribution in [0.5, 0.6) is 0 Å². The molecule has 1 heterocycles. The molecule has 0 fully saturated rings. The van der Waals surface area contributed by atoms with E-state index in [0.29, 0.717) is 16.7 Å². The van der Waals surface area contributed by atoms with Gasteiger partial charge in [-0.05, 0) is 18.2 Å². The Morgan fingerprint density at radius 3 is 2.64 bits per heavy atom. The Morgan fingerprint density at radius 1 is 1.14 bits per heavy atom. The fourth-order valence-corrected chi connectivity index (χ4v) is 1.26. The first-order valence-electron chi connectivity index (χ1n) is 4.24. The predicted octanol–water partition coefficient (Wildman–Crippen LogP) is 1.68. The molecule has 2 aromatic rings. The summed E-state index contributed by atoms with van der Waals surface area (Å²) in [4.78, 5) is 4.05. The summed E-state index contributed by atoms with van der Waals surface area (Å²) in [5, 5.41) is 0. The van der Waals surface area contributed by atoms with Crippen molar-refractivity contribution in [1.29, 1.82) is 0 Å². The molecule has 0 saturated carbocycles. The van der Waals surface area contributed by atoms with Crippen LogP contribution in [0.3, 0.4) is 0 Å². The highest BCUT2D eigenvalue weighted by Crippen LogP contribution is 2.18. The van der Waals surface area contributed by atoms with Crippen molar-refractivity contribution in [2.45, 2.75) is 0 Å². The average molecular weight is 183 g/mol. The van der Waals surface area contributed by atoms with E-state index in [2.05, 4.69) is 4.98 Å². The monoisotopic (exact) mass is 183 g/mol. The van der Waals surface area contributed by atoms with Gasteiger partial charge in [0, 0.05) is 11.8 Å². The zero-order valence-electron chi connectivity index (χ0n) is 7.44. The first-order valence-corrected chi connectivity index (χ1v) is 4.24. The molecule has 0 spiro atoms. The molecule has 1 aromatic carbocycles. The number of hydrogen-bond acceptors (Lipinski definition) is 1. The molecule has 0 bridgehead atoms. The van der Waals surface area contributed by atoms with Crippen LogP contribution in [0.2, 0.25) is 0 Å². The normalized spacial score (nSPS) is 10.1. The minimum absolute atomic E-state index is 0.286. The van der Waals surface area contributed by atoms with E-state index in [9.17, 15) is 4.39 Å². The largest absolute Gasteiger partial charge is 0.256 e. The lowest BCUT2D eigenvalue weighted by molar-refractivity contribution is 0.631. The number of pyridine rings is 1. The van der Waals surface area contributed by atoms with E-state index in [4.69, 9.17) is 7.85 Å². The van der Waals surface area contributed by atoms with Gasteiger partial charge in [-0.2, -0.15) is 0 Å². The van der Waals surface area contributed by atoms with Crippen LogP contribution >= 0.6 is 0 Å². The van der Waals surface area contributed by atoms with E-state index in [0.717, 1.165) is 0 Å². The molecule has 0 amide bonds. The van der Waals surface area contributed by atoms with Gasteiger partial charge in [0.1, 0.15) is 13.7 Å². The zero-order valence-corrected chi connectivity index (χ0v) is 7.44. The molecule has 1 aromatic heterocycles. The minimum Gasteiger partial charge on any atom is -0.256 e. The van der Waals surface area contributed by atoms with Gasteiger partial charge in [0.25, 0.3) is 0 Å². The van der Waals surface area contributed by atoms with Gasteiger partial charge >= 0.3 is 0 Å². The Labute approximate surface area is 83.0 Å². The average Bonchev–Trinajstić information content (AvgIpc) is 2.18. The molecule has 0 aliphatic heterocycles. The van der Waals surface area contributed by atoms with Crippen LogP contribution in [0.1, 0.15) is 0 Å². The molecule has 0 aliphatic carbocycles. The molecule has 0 unspecified atom stereocenters. The second-order valence-corrected chi connectivity index (χ2v) is 2.95. The van der Waals surface area contributed by atoms with Crippen LogP contribution in [-0.2, 0) is 0 Å². The van der Waals surface area contributed by atoms with Crippen molar-refractivity contribution in [2.24, 2.45) is 0 Å². The second-order valence-electron chi connectivity index (χ2n) is 2.95. The Balaban J connectivity index is 2.55. The summed E-state index contributed by atoms with van der Waals surface area (Å²) >= 11 is 0. The van der Waals surface area contributed by atoms with Crippen molar-refractivity contribution >= 4 is 13.3 Å². The molecule has 0 N–H and O–H groups in total. The number of nitrogens with zero attached hydrogens (tertiary/aromatic N) is 1. The minimum atomic E-state index is -0.286. The Morgan fingerprint density at radius 2 is 1.93 bits per heavy atom. The SMILES string of the molecule is [B]c1ccnc(-c2ccccc2F)c1. The number of halogens is 1. The quantitative estimate of drug-likeness (QED) is 0.613. The van der Waals surface area contributed by atoms with Gasteiger partial charge in [-0.15, -0.1) is 0 Å². The summed E-state index contributed by atoms with van der Waals surface area (Å²) in [5.74, 6) is -0.286. The number of hydrogen-bond donors (Lipinski definition) is 0. The zero-order chi connectivity index (χ0) is 9.97. The van der Waals surface area contributed by atoms with Crippen LogP contribution in [0.25, 0.3) is 11.3 Å². The summed E-state index contributed by atoms with van der Waals surface area (Å²) in [6.45, 7) is 0. The van der Waals surface area contributed by atoms with E-state index >= 15 is 0 Å². The van der Waals surface area contributed by atoms with Crippen molar-refractivity contribution in [1.82, 2.24) is 4.98 Å². The topological polar surface area (TPSA) is 12.9 Å². The Hall–Kier alpha value is -1.64. The van der Waals surface area contributed by atoms with E-state index in [-0.39, 0.29) is 5.82 Å². The van der Waals surface area contributed by atoms with E-state index in [1.54, 1.807) is 36.5 Å². The summed E-state index contributed by atoms with van der Waals surface area (Å²) in [6.07, 6.45) is 1.57. The van der Waals surface area contributed by atoms with Crippen LogP contribution in [0.4, 0.5) is 4.39 Å². The molecule has 2 rings (SSSR count). The second kappa shape index (κ2) is 3.62. The third-order valence-corrected chi connectivity index (χ3v) is 1.93. The molecule has 0 atom stereocenters. The standard InChI is InChI=1S/C11H7BFN/c12-8-5-6-14-11(7-8)9-3-1-2-4-10(9)13/h1-7H. The molecule has 1 nitrogen and oxygen atoms in total. The fraction of sp³-hybridized carbons (Fsp3) is 0. The van der Waals surface area contributed by atoms with E-state index < -0.39 is 0 Å². The highest BCUT2D eigenvalue weighted by molar-refractivity contribution is 6.32. The molecule has 0 saturated heterocycles. The van der Waals surface area contributed by atoms with E-state index in [1.165, 1.54) is 6.07 Å².